The number of carbonyl (C=O) groups excluding carboxylic acids is 5. The number of aliphatic hydroxyl groups is 1. The lowest BCUT2D eigenvalue weighted by molar-refractivity contribution is -0.129. The van der Waals surface area contributed by atoms with Crippen molar-refractivity contribution in [2.75, 3.05) is 6.54 Å². The summed E-state index contributed by atoms with van der Waals surface area (Å²) in [6, 6.07) is 19.3. The molecule has 7 atom stereocenters. The van der Waals surface area contributed by atoms with Crippen LogP contribution in [0.5, 0.6) is 0 Å². The lowest BCUT2D eigenvalue weighted by Gasteiger charge is -2.26. The number of sulfonamides is 1. The first kappa shape index (κ1) is 53.1. The summed E-state index contributed by atoms with van der Waals surface area (Å²) in [5.74, 6) is -0.991. The number of aromatic nitrogens is 1. The molecule has 4 heterocycles. The summed E-state index contributed by atoms with van der Waals surface area (Å²) in [6.45, 7) is 11.4. The summed E-state index contributed by atoms with van der Waals surface area (Å²) in [5, 5.41) is 23.2. The Bertz CT molecular complexity index is 2540. The molecule has 5 N–H and O–H groups in total. The smallest absolute Gasteiger partial charge is 0.287 e. The molecule has 0 unspecified atom stereocenters. The zero-order valence-corrected chi connectivity index (χ0v) is 39.9. The van der Waals surface area contributed by atoms with Crippen molar-refractivity contribution in [1.82, 2.24) is 30.6 Å². The van der Waals surface area contributed by atoms with Crippen LogP contribution in [0.25, 0.3) is 21.9 Å². The van der Waals surface area contributed by atoms with E-state index >= 15 is 0 Å². The standard InChI is InChI=1S/C27H32N4O6S.C23H32N2O4.CH4/c1-17(2)14-21(30-27(34)24-15-19-8-4-5-9-23(19)37-24)26(33)29-20-12-11-18(3)31(16-22(20)32)38(35,36)25-10-6-7-13-28-25;1-14(2)12-18(22(27)24-17-10-8-15(3)9-11-19(17)26)25-23(28)21-13-16-6-4-5-7-20(16)29-21;/h4-10,13,15,17-18,20-21H,11-12,14,16H2,1-3H3,(H,29,33)(H,30,34);4-7,13-15,17-19,26H,8-12H2,1-3H3,(H,24,27)(H,25,28);1H4/t18-,20+,21+;15-,17+,18+,19+;/m11./s1. The van der Waals surface area contributed by atoms with Gasteiger partial charge in [0.15, 0.2) is 22.3 Å². The average Bonchev–Trinajstić information content (AvgIpc) is 3.87. The summed E-state index contributed by atoms with van der Waals surface area (Å²) in [5.41, 5.74) is 1.20. The van der Waals surface area contributed by atoms with E-state index in [1.54, 1.807) is 49.4 Å². The normalized spacial score (nSPS) is 21.1. The molecule has 2 aromatic carbocycles. The molecule has 1 saturated carbocycles. The number of fused-ring (bicyclic) bond motifs is 2. The molecule has 4 amide bonds. The van der Waals surface area contributed by atoms with Gasteiger partial charge in [-0.1, -0.05) is 84.5 Å². The minimum Gasteiger partial charge on any atom is -0.451 e. The second-order valence-electron chi connectivity index (χ2n) is 18.7. The Balaban J connectivity index is 0.000000259. The zero-order chi connectivity index (χ0) is 48.4. The Morgan fingerprint density at radius 3 is 1.75 bits per heavy atom. The van der Waals surface area contributed by atoms with Crippen LogP contribution in [0.1, 0.15) is 121 Å². The number of benzene rings is 2. The second-order valence-corrected chi connectivity index (χ2v) is 20.6. The first-order valence-electron chi connectivity index (χ1n) is 23.2. The molecule has 0 spiro atoms. The van der Waals surface area contributed by atoms with Crippen molar-refractivity contribution in [1.29, 1.82) is 0 Å². The van der Waals surface area contributed by atoms with Gasteiger partial charge < -0.3 is 35.2 Å². The van der Waals surface area contributed by atoms with E-state index in [9.17, 15) is 37.5 Å². The molecule has 3 aromatic heterocycles. The Hall–Kier alpha value is -5.91. The Morgan fingerprint density at radius 2 is 1.24 bits per heavy atom. The number of rotatable bonds is 14. The fourth-order valence-electron chi connectivity index (χ4n) is 8.46. The molecule has 1 aliphatic carbocycles. The zero-order valence-electron chi connectivity index (χ0n) is 39.1. The summed E-state index contributed by atoms with van der Waals surface area (Å²) < 4.78 is 38.7. The third-order valence-corrected chi connectivity index (χ3v) is 14.1. The predicted molar refractivity (Wildman–Crippen MR) is 260 cm³/mol. The number of ketones is 1. The van der Waals surface area contributed by atoms with Crippen molar-refractivity contribution in [2.45, 2.75) is 142 Å². The molecule has 17 heteroatoms. The van der Waals surface area contributed by atoms with Gasteiger partial charge in [-0.15, -0.1) is 0 Å². The maximum Gasteiger partial charge on any atom is 0.287 e. The Morgan fingerprint density at radius 1 is 0.721 bits per heavy atom. The highest BCUT2D eigenvalue weighted by Gasteiger charge is 2.38. The van der Waals surface area contributed by atoms with Crippen molar-refractivity contribution in [2.24, 2.45) is 17.8 Å². The van der Waals surface area contributed by atoms with Crippen LogP contribution in [0.15, 0.2) is 98.9 Å². The summed E-state index contributed by atoms with van der Waals surface area (Å²) in [7, 11) is -3.99. The lowest BCUT2D eigenvalue weighted by atomic mass is 10.0. The molecule has 0 radical (unpaired) electrons. The molecule has 2 fully saturated rings. The highest BCUT2D eigenvalue weighted by Crippen LogP contribution is 2.26. The maximum atomic E-state index is 13.3. The monoisotopic (exact) mass is 956 g/mol. The van der Waals surface area contributed by atoms with Gasteiger partial charge in [0.25, 0.3) is 21.8 Å². The minimum absolute atomic E-state index is 0. The van der Waals surface area contributed by atoms with Crippen molar-refractivity contribution in [3.05, 3.63) is 96.6 Å². The quantitative estimate of drug-likeness (QED) is 0.0701. The number of Topliss-reactive ketones (excluding diaryl/α,β-unsaturated/α-hetero) is 1. The van der Waals surface area contributed by atoms with E-state index in [1.807, 2.05) is 58.0 Å². The Kier molecular flexibility index (Phi) is 18.6. The third-order valence-electron chi connectivity index (χ3n) is 12.3. The van der Waals surface area contributed by atoms with Crippen LogP contribution in [0.3, 0.4) is 0 Å². The van der Waals surface area contributed by atoms with Gasteiger partial charge in [0.05, 0.1) is 24.7 Å². The molecule has 1 aliphatic heterocycles. The van der Waals surface area contributed by atoms with E-state index in [0.717, 1.165) is 34.3 Å². The van der Waals surface area contributed by atoms with Crippen LogP contribution in [0.2, 0.25) is 0 Å². The molecule has 16 nitrogen and oxygen atoms in total. The number of pyridine rings is 1. The number of furan rings is 2. The number of nitrogens with one attached hydrogen (secondary N) is 4. The molecular weight excluding hydrogens is 889 g/mol. The van der Waals surface area contributed by atoms with Gasteiger partial charge in [-0.25, -0.2) is 13.4 Å². The van der Waals surface area contributed by atoms with Crippen molar-refractivity contribution in [3.63, 3.8) is 0 Å². The van der Waals surface area contributed by atoms with Crippen LogP contribution in [-0.4, -0.2) is 95.1 Å². The van der Waals surface area contributed by atoms with Gasteiger partial charge in [-0.3, -0.25) is 24.0 Å². The van der Waals surface area contributed by atoms with Crippen LogP contribution in [0.4, 0.5) is 0 Å². The SMILES string of the molecule is C.CC(C)C[C@H](NC(=O)c1cc2ccccc2o1)C(=O)N[C@H]1CC[C@@H](C)CC[C@@H]1O.CC(C)C[C@H](NC(=O)c1cc2ccccc2o1)C(=O)N[C@H]1CC[C@@H](C)N(S(=O)(=O)c2ccccn2)CC1=O. The molecule has 5 aromatic rings. The highest BCUT2D eigenvalue weighted by molar-refractivity contribution is 7.89. The summed E-state index contributed by atoms with van der Waals surface area (Å²) in [6.07, 6.45) is 5.70. The van der Waals surface area contributed by atoms with E-state index in [4.69, 9.17) is 8.83 Å². The highest BCUT2D eigenvalue weighted by atomic mass is 32.2. The van der Waals surface area contributed by atoms with E-state index in [2.05, 4.69) is 33.2 Å². The number of para-hydroxylation sites is 2. The molecule has 368 valence electrons. The van der Waals surface area contributed by atoms with Gasteiger partial charge in [-0.2, -0.15) is 4.31 Å². The van der Waals surface area contributed by atoms with Crippen molar-refractivity contribution < 1.29 is 46.3 Å². The number of amides is 4. The van der Waals surface area contributed by atoms with E-state index in [-0.39, 0.29) is 60.7 Å². The topological polar surface area (TPSA) is 230 Å². The van der Waals surface area contributed by atoms with Gasteiger partial charge >= 0.3 is 0 Å². The lowest BCUT2D eigenvalue weighted by Crippen LogP contribution is -2.52. The predicted octanol–water partition coefficient (Wildman–Crippen LogP) is 7.17. The summed E-state index contributed by atoms with van der Waals surface area (Å²) in [4.78, 5) is 69.0. The van der Waals surface area contributed by atoms with Crippen LogP contribution < -0.4 is 21.3 Å². The number of nitrogens with zero attached hydrogens (tertiary/aromatic N) is 2. The second kappa shape index (κ2) is 23.9. The van der Waals surface area contributed by atoms with Crippen molar-refractivity contribution in [3.8, 4) is 0 Å². The van der Waals surface area contributed by atoms with E-state index in [1.165, 1.54) is 12.3 Å². The van der Waals surface area contributed by atoms with Gasteiger partial charge in [0, 0.05) is 23.0 Å². The van der Waals surface area contributed by atoms with Gasteiger partial charge in [-0.05, 0) is 112 Å². The molecule has 1 saturated heterocycles. The van der Waals surface area contributed by atoms with Gasteiger partial charge in [0.2, 0.25) is 11.8 Å². The van der Waals surface area contributed by atoms with E-state index < -0.39 is 63.8 Å². The first-order chi connectivity index (χ1) is 31.9. The number of hydrogen-bond donors (Lipinski definition) is 5. The molecule has 68 heavy (non-hydrogen) atoms. The molecular formula is C51H68N6O10S. The van der Waals surface area contributed by atoms with Crippen LogP contribution in [-0.2, 0) is 24.4 Å². The fourth-order valence-corrected chi connectivity index (χ4v) is 10.0. The minimum atomic E-state index is -3.99. The van der Waals surface area contributed by atoms with Crippen LogP contribution in [0, 0.1) is 17.8 Å². The van der Waals surface area contributed by atoms with E-state index in [0.29, 0.717) is 42.8 Å². The average molecular weight is 957 g/mol. The molecule has 7 rings (SSSR count). The number of carbonyl (C=O) groups is 5. The maximum absolute atomic E-state index is 13.3. The van der Waals surface area contributed by atoms with Gasteiger partial charge in [0.1, 0.15) is 23.2 Å². The number of aliphatic hydroxyl groups excluding tert-OH is 1. The third kappa shape index (κ3) is 13.8. The van der Waals surface area contributed by atoms with Crippen LogP contribution >= 0.6 is 0 Å². The molecule has 0 bridgehead atoms. The number of hydrogen-bond acceptors (Lipinski definition) is 11. The first-order valence-corrected chi connectivity index (χ1v) is 24.7. The molecule has 2 aliphatic rings. The fraction of sp³-hybridized carbons (Fsp3) is 0.490. The Labute approximate surface area is 399 Å². The summed E-state index contributed by atoms with van der Waals surface area (Å²) >= 11 is 0. The van der Waals surface area contributed by atoms with Crippen molar-refractivity contribution >= 4 is 61.4 Å². The largest absolute Gasteiger partial charge is 0.451 e.